The van der Waals surface area contributed by atoms with E-state index in [0.717, 1.165) is 52.9 Å². The zero-order valence-electron chi connectivity index (χ0n) is 20.1. The Labute approximate surface area is 203 Å². The van der Waals surface area contributed by atoms with E-state index in [-0.39, 0.29) is 6.04 Å². The Morgan fingerprint density at radius 2 is 1.86 bits per heavy atom. The molecule has 8 heteroatoms. The first-order valence-electron chi connectivity index (χ1n) is 11.8. The fourth-order valence-corrected chi connectivity index (χ4v) is 4.25. The maximum absolute atomic E-state index is 6.12. The van der Waals surface area contributed by atoms with Crippen LogP contribution in [0.4, 0.5) is 6.01 Å². The van der Waals surface area contributed by atoms with Crippen LogP contribution in [0.15, 0.2) is 71.1 Å². The second-order valence-corrected chi connectivity index (χ2v) is 8.46. The molecule has 8 nitrogen and oxygen atoms in total. The molecule has 1 atom stereocenters. The molecule has 0 spiro atoms. The fraction of sp³-hybridized carbons (Fsp3) is 0.259. The van der Waals surface area contributed by atoms with E-state index in [1.165, 1.54) is 5.56 Å². The molecule has 2 aromatic heterocycles. The summed E-state index contributed by atoms with van der Waals surface area (Å²) in [5.41, 5.74) is 5.79. The molecular formula is C27H28N6O2. The molecule has 178 valence electrons. The maximum atomic E-state index is 6.12. The summed E-state index contributed by atoms with van der Waals surface area (Å²) in [6, 6.07) is 23.1. The van der Waals surface area contributed by atoms with Crippen LogP contribution in [0.2, 0.25) is 0 Å². The quantitative estimate of drug-likeness (QED) is 0.281. The highest BCUT2D eigenvalue weighted by molar-refractivity contribution is 5.81. The van der Waals surface area contributed by atoms with Crippen molar-refractivity contribution in [3.8, 4) is 28.3 Å². The van der Waals surface area contributed by atoms with Crippen LogP contribution in [-0.4, -0.2) is 39.3 Å². The predicted molar refractivity (Wildman–Crippen MR) is 136 cm³/mol. The lowest BCUT2D eigenvalue weighted by Crippen LogP contribution is -2.28. The number of nitrogens with zero attached hydrogens (tertiary/aromatic N) is 5. The second kappa shape index (κ2) is 9.97. The van der Waals surface area contributed by atoms with Gasteiger partial charge in [-0.3, -0.25) is 0 Å². The molecule has 1 N–H and O–H groups in total. The number of rotatable bonds is 9. The number of anilines is 1. The number of ether oxygens (including phenoxy) is 1. The van der Waals surface area contributed by atoms with E-state index in [4.69, 9.17) is 14.1 Å². The molecule has 0 unspecified atom stereocenters. The molecule has 0 aliphatic heterocycles. The van der Waals surface area contributed by atoms with Crippen LogP contribution in [0.5, 0.6) is 5.75 Å². The van der Waals surface area contributed by atoms with Crippen molar-refractivity contribution in [3.05, 3.63) is 72.3 Å². The van der Waals surface area contributed by atoms with Gasteiger partial charge in [0.05, 0.1) is 13.2 Å². The Balaban J connectivity index is 1.46. The molecule has 35 heavy (non-hydrogen) atoms. The number of aromatic amines is 1. The van der Waals surface area contributed by atoms with Crippen molar-refractivity contribution in [2.45, 2.75) is 32.7 Å². The van der Waals surface area contributed by atoms with Crippen LogP contribution in [-0.2, 0) is 0 Å². The number of H-pyrrole nitrogens is 1. The van der Waals surface area contributed by atoms with Crippen molar-refractivity contribution in [3.63, 3.8) is 0 Å². The van der Waals surface area contributed by atoms with Crippen molar-refractivity contribution in [2.24, 2.45) is 0 Å². The highest BCUT2D eigenvalue weighted by Gasteiger charge is 2.21. The Bertz CT molecular complexity index is 1360. The van der Waals surface area contributed by atoms with Crippen LogP contribution >= 0.6 is 0 Å². The summed E-state index contributed by atoms with van der Waals surface area (Å²) < 4.78 is 11.5. The Morgan fingerprint density at radius 1 is 1.03 bits per heavy atom. The predicted octanol–water partition coefficient (Wildman–Crippen LogP) is 6.05. The number of oxazole rings is 1. The van der Waals surface area contributed by atoms with E-state index in [1.807, 2.05) is 42.5 Å². The number of para-hydroxylation sites is 2. The third kappa shape index (κ3) is 4.59. The third-order valence-corrected chi connectivity index (χ3v) is 6.27. The molecule has 5 rings (SSSR count). The van der Waals surface area contributed by atoms with Crippen molar-refractivity contribution in [1.82, 2.24) is 25.6 Å². The van der Waals surface area contributed by atoms with Gasteiger partial charge in [0.25, 0.3) is 6.01 Å². The van der Waals surface area contributed by atoms with E-state index >= 15 is 0 Å². The van der Waals surface area contributed by atoms with Gasteiger partial charge < -0.3 is 14.1 Å². The standard InChI is InChI=1S/C27H28N6O2/c1-4-5-16-33(27-28-24-8-6-7-9-25(24)35-27)18(2)19-10-12-20(13-11-19)22-15-14-21(34-3)17-23(22)26-29-31-32-30-26/h6-15,17-18H,4-5,16H2,1-3H3,(H,29,30,31,32)/t18-/m1/s1. The highest BCUT2D eigenvalue weighted by atomic mass is 16.5. The molecule has 0 radical (unpaired) electrons. The molecule has 0 saturated heterocycles. The van der Waals surface area contributed by atoms with Crippen LogP contribution in [0, 0.1) is 0 Å². The minimum Gasteiger partial charge on any atom is -0.497 e. The number of tetrazole rings is 1. The van der Waals surface area contributed by atoms with Crippen molar-refractivity contribution < 1.29 is 9.15 Å². The van der Waals surface area contributed by atoms with Gasteiger partial charge in [-0.2, -0.15) is 10.2 Å². The lowest BCUT2D eigenvalue weighted by atomic mass is 9.96. The smallest absolute Gasteiger partial charge is 0.298 e. The fourth-order valence-electron chi connectivity index (χ4n) is 4.25. The summed E-state index contributed by atoms with van der Waals surface area (Å²) in [7, 11) is 1.65. The van der Waals surface area contributed by atoms with Crippen molar-refractivity contribution in [2.75, 3.05) is 18.6 Å². The molecule has 0 aliphatic rings. The van der Waals surface area contributed by atoms with E-state index in [2.05, 4.69) is 63.6 Å². The largest absolute Gasteiger partial charge is 0.497 e. The van der Waals surface area contributed by atoms with E-state index in [1.54, 1.807) is 7.11 Å². The molecule has 3 aromatic carbocycles. The van der Waals surface area contributed by atoms with Gasteiger partial charge in [-0.1, -0.05) is 49.7 Å². The zero-order valence-corrected chi connectivity index (χ0v) is 20.1. The Hall–Kier alpha value is -4.20. The first kappa shape index (κ1) is 22.6. The first-order chi connectivity index (χ1) is 17.2. The summed E-state index contributed by atoms with van der Waals surface area (Å²) in [6.45, 7) is 5.25. The SMILES string of the molecule is CCCCN(c1nc2ccccc2o1)[C@H](C)c1ccc(-c2ccc(OC)cc2-c2nn[nH]n2)cc1. The number of unbranched alkanes of at least 4 members (excludes halogenated alkanes) is 1. The van der Waals surface area contributed by atoms with Gasteiger partial charge in [-0.15, -0.1) is 10.2 Å². The number of hydrogen-bond donors (Lipinski definition) is 1. The monoisotopic (exact) mass is 468 g/mol. The van der Waals surface area contributed by atoms with Crippen LogP contribution in [0.25, 0.3) is 33.6 Å². The van der Waals surface area contributed by atoms with E-state index < -0.39 is 0 Å². The summed E-state index contributed by atoms with van der Waals surface area (Å²) in [5.74, 6) is 1.27. The van der Waals surface area contributed by atoms with Crippen LogP contribution in [0.3, 0.4) is 0 Å². The first-order valence-corrected chi connectivity index (χ1v) is 11.8. The second-order valence-electron chi connectivity index (χ2n) is 8.46. The summed E-state index contributed by atoms with van der Waals surface area (Å²) in [6.07, 6.45) is 2.15. The molecular weight excluding hydrogens is 440 g/mol. The summed E-state index contributed by atoms with van der Waals surface area (Å²) >= 11 is 0. The third-order valence-electron chi connectivity index (χ3n) is 6.27. The van der Waals surface area contributed by atoms with Crippen LogP contribution in [0.1, 0.15) is 38.3 Å². The van der Waals surface area contributed by atoms with Crippen molar-refractivity contribution in [1.29, 1.82) is 0 Å². The molecule has 0 aliphatic carbocycles. The molecule has 0 fully saturated rings. The number of benzene rings is 3. The number of nitrogens with one attached hydrogen (secondary N) is 1. The lowest BCUT2D eigenvalue weighted by molar-refractivity contribution is 0.415. The average Bonchev–Trinajstić information content (AvgIpc) is 3.59. The van der Waals surface area contributed by atoms with Gasteiger partial charge in [0.2, 0.25) is 5.82 Å². The number of fused-ring (bicyclic) bond motifs is 1. The molecule has 2 heterocycles. The van der Waals surface area contributed by atoms with Gasteiger partial charge in [-0.25, -0.2) is 0 Å². The normalized spacial score (nSPS) is 12.1. The molecule has 5 aromatic rings. The summed E-state index contributed by atoms with van der Waals surface area (Å²) in [5, 5.41) is 14.6. The molecule has 0 amide bonds. The minimum atomic E-state index is 0.0937. The van der Waals surface area contributed by atoms with Crippen molar-refractivity contribution >= 4 is 17.1 Å². The van der Waals surface area contributed by atoms with Gasteiger partial charge in [0.15, 0.2) is 5.58 Å². The maximum Gasteiger partial charge on any atom is 0.298 e. The number of hydrogen-bond acceptors (Lipinski definition) is 7. The Kier molecular flexibility index (Phi) is 6.43. The summed E-state index contributed by atoms with van der Waals surface area (Å²) in [4.78, 5) is 7.01. The number of methoxy groups -OCH3 is 1. The van der Waals surface area contributed by atoms with Gasteiger partial charge >= 0.3 is 0 Å². The molecule has 0 saturated carbocycles. The topological polar surface area (TPSA) is 93.0 Å². The van der Waals surface area contributed by atoms with Gasteiger partial charge in [0, 0.05) is 12.1 Å². The van der Waals surface area contributed by atoms with Gasteiger partial charge in [-0.05, 0) is 65.6 Å². The zero-order chi connectivity index (χ0) is 24.2. The molecule has 0 bridgehead atoms. The highest BCUT2D eigenvalue weighted by Crippen LogP contribution is 2.35. The average molecular weight is 469 g/mol. The lowest BCUT2D eigenvalue weighted by Gasteiger charge is -2.28. The van der Waals surface area contributed by atoms with Crippen LogP contribution < -0.4 is 9.64 Å². The van der Waals surface area contributed by atoms with E-state index in [9.17, 15) is 0 Å². The number of aromatic nitrogens is 5. The Morgan fingerprint density at radius 3 is 2.57 bits per heavy atom. The minimum absolute atomic E-state index is 0.0937. The van der Waals surface area contributed by atoms with E-state index in [0.29, 0.717) is 11.8 Å². The van der Waals surface area contributed by atoms with Gasteiger partial charge in [0.1, 0.15) is 11.3 Å².